The molecule has 0 saturated heterocycles. The Hall–Kier alpha value is -5.37. The molecular formula is C29H19Cl2N9O3S. The van der Waals surface area contributed by atoms with Crippen LogP contribution in [0.15, 0.2) is 95.2 Å². The topological polar surface area (TPSA) is 155 Å². The number of aldehydes is 1. The molecule has 0 bridgehead atoms. The van der Waals surface area contributed by atoms with Crippen LogP contribution in [0, 0.1) is 0 Å². The summed E-state index contributed by atoms with van der Waals surface area (Å²) in [4.78, 5) is 37.9. The second-order valence-corrected chi connectivity index (χ2v) is 10.9. The van der Waals surface area contributed by atoms with E-state index in [1.807, 2.05) is 24.3 Å². The molecule has 5 heterocycles. The van der Waals surface area contributed by atoms with Crippen LogP contribution in [0.1, 0.15) is 15.2 Å². The summed E-state index contributed by atoms with van der Waals surface area (Å²) in [5.41, 5.74) is 3.55. The second-order valence-electron chi connectivity index (χ2n) is 9.05. The quantitative estimate of drug-likeness (QED) is 0.231. The molecule has 0 saturated carbocycles. The van der Waals surface area contributed by atoms with E-state index in [0.29, 0.717) is 54.0 Å². The smallest absolute Gasteiger partial charge is 0.307 e. The molecule has 0 aliphatic carbocycles. The number of rotatable bonds is 5. The van der Waals surface area contributed by atoms with Crippen LogP contribution >= 0.6 is 34.5 Å². The molecular weight excluding hydrogens is 625 g/mol. The van der Waals surface area contributed by atoms with Crippen molar-refractivity contribution in [3.05, 3.63) is 126 Å². The Morgan fingerprint density at radius 1 is 0.932 bits per heavy atom. The Kier molecular flexibility index (Phi) is 8.14. The van der Waals surface area contributed by atoms with E-state index in [-0.39, 0.29) is 10.8 Å². The number of nitrogens with zero attached hydrogens (tertiary/aromatic N) is 7. The lowest BCUT2D eigenvalue weighted by molar-refractivity contribution is 0.112. The van der Waals surface area contributed by atoms with E-state index in [9.17, 15) is 14.7 Å². The summed E-state index contributed by atoms with van der Waals surface area (Å²) in [7, 11) is 0. The third-order valence-corrected chi connectivity index (χ3v) is 7.29. The number of H-pyrrole nitrogens is 1. The van der Waals surface area contributed by atoms with Crippen molar-refractivity contribution in [1.29, 1.82) is 0 Å². The van der Waals surface area contributed by atoms with Crippen LogP contribution in [0.4, 0.5) is 17.2 Å². The van der Waals surface area contributed by atoms with E-state index in [4.69, 9.17) is 23.2 Å². The van der Waals surface area contributed by atoms with Crippen molar-refractivity contribution in [3.63, 3.8) is 0 Å². The van der Waals surface area contributed by atoms with Gasteiger partial charge in [0.15, 0.2) is 23.1 Å². The van der Waals surface area contributed by atoms with Gasteiger partial charge in [0.2, 0.25) is 5.88 Å². The molecule has 0 aliphatic heterocycles. The summed E-state index contributed by atoms with van der Waals surface area (Å²) in [6.07, 6.45) is 8.95. The summed E-state index contributed by atoms with van der Waals surface area (Å²) in [5, 5.41) is 23.0. The fourth-order valence-corrected chi connectivity index (χ4v) is 5.10. The van der Waals surface area contributed by atoms with Gasteiger partial charge in [0, 0.05) is 39.4 Å². The Bertz CT molecular complexity index is 2330. The van der Waals surface area contributed by atoms with Gasteiger partial charge in [0.25, 0.3) is 0 Å². The van der Waals surface area contributed by atoms with Gasteiger partial charge in [-0.1, -0.05) is 46.7 Å². The first kappa shape index (κ1) is 28.7. The first-order valence-electron chi connectivity index (χ1n) is 12.8. The highest BCUT2D eigenvalue weighted by Crippen LogP contribution is 2.20. The number of halogens is 2. The Balaban J connectivity index is 0.000000162. The van der Waals surface area contributed by atoms with Gasteiger partial charge in [-0.3, -0.25) is 14.6 Å². The van der Waals surface area contributed by atoms with E-state index < -0.39 is 0 Å². The standard InChI is InChI=1S/C16H10ClN5O2S.C13H9ClN4O/c17-10-2-1-3-11(7-10)19-13-4-5-22-14(20-13)9(8-18-22)6-12-15(23)21-16(24)25-12;14-10-2-1-3-11(6-10)16-12-4-5-18-13(17-12)9(8-19)7-15-18/h1-8,23H,(H,21,24);1-8H,(H,16,17). The van der Waals surface area contributed by atoms with Crippen molar-refractivity contribution in [2.24, 2.45) is 4.99 Å². The largest absolute Gasteiger partial charge is 0.493 e. The van der Waals surface area contributed by atoms with Crippen molar-refractivity contribution >= 4 is 75.4 Å². The lowest BCUT2D eigenvalue weighted by atomic mass is 10.3. The highest BCUT2D eigenvalue weighted by atomic mass is 35.5. The van der Waals surface area contributed by atoms with Gasteiger partial charge in [-0.05, 0) is 48.5 Å². The van der Waals surface area contributed by atoms with Crippen LogP contribution in [0.3, 0.4) is 0 Å². The van der Waals surface area contributed by atoms with Crippen LogP contribution in [0.2, 0.25) is 10.0 Å². The molecule has 44 heavy (non-hydrogen) atoms. The number of anilines is 2. The number of aromatic hydroxyl groups is 1. The molecule has 0 aliphatic rings. The Morgan fingerprint density at radius 2 is 1.68 bits per heavy atom. The summed E-state index contributed by atoms with van der Waals surface area (Å²) in [6.45, 7) is 0. The number of carbonyl (C=O) groups is 1. The van der Waals surface area contributed by atoms with Crippen LogP contribution in [-0.4, -0.2) is 45.6 Å². The Morgan fingerprint density at radius 3 is 2.43 bits per heavy atom. The number of aromatic amines is 1. The maximum atomic E-state index is 11.3. The van der Waals surface area contributed by atoms with Crippen molar-refractivity contribution < 1.29 is 9.90 Å². The van der Waals surface area contributed by atoms with Crippen LogP contribution in [-0.2, 0) is 0 Å². The fourth-order valence-electron chi connectivity index (χ4n) is 4.04. The van der Waals surface area contributed by atoms with Crippen molar-refractivity contribution in [2.45, 2.75) is 0 Å². The molecule has 12 nitrogen and oxygen atoms in total. The van der Waals surface area contributed by atoms with E-state index in [2.05, 4.69) is 35.5 Å². The van der Waals surface area contributed by atoms with Crippen LogP contribution in [0.25, 0.3) is 17.4 Å². The molecule has 0 atom stereocenters. The minimum absolute atomic E-state index is 0.172. The summed E-state index contributed by atoms with van der Waals surface area (Å²) in [6, 6.07) is 18.0. The van der Waals surface area contributed by atoms with E-state index in [0.717, 1.165) is 23.3 Å². The molecule has 0 unspecified atom stereocenters. The molecule has 0 fully saturated rings. The summed E-state index contributed by atoms with van der Waals surface area (Å²) >= 11 is 12.8. The van der Waals surface area contributed by atoms with E-state index in [1.165, 1.54) is 6.20 Å². The van der Waals surface area contributed by atoms with Gasteiger partial charge in [-0.2, -0.15) is 10.2 Å². The van der Waals surface area contributed by atoms with Crippen molar-refractivity contribution in [3.8, 4) is 5.88 Å². The molecule has 0 amide bonds. The average molecular weight is 645 g/mol. The number of hydrogen-bond donors (Lipinski definition) is 3. The van der Waals surface area contributed by atoms with Gasteiger partial charge in [0.05, 0.1) is 28.5 Å². The zero-order valence-corrected chi connectivity index (χ0v) is 24.6. The third-order valence-electron chi connectivity index (χ3n) is 6.00. The number of fused-ring (bicyclic) bond motifs is 2. The minimum Gasteiger partial charge on any atom is -0.493 e. The average Bonchev–Trinajstić information content (AvgIpc) is 3.69. The zero-order valence-electron chi connectivity index (χ0n) is 22.3. The van der Waals surface area contributed by atoms with Gasteiger partial charge >= 0.3 is 4.87 Å². The molecule has 2 aromatic carbocycles. The maximum absolute atomic E-state index is 11.3. The van der Waals surface area contributed by atoms with Crippen LogP contribution < -0.4 is 20.9 Å². The number of aromatic nitrogens is 7. The van der Waals surface area contributed by atoms with Crippen molar-refractivity contribution in [2.75, 3.05) is 5.32 Å². The lowest BCUT2D eigenvalue weighted by Gasteiger charge is -2.06. The first-order chi connectivity index (χ1) is 21.3. The summed E-state index contributed by atoms with van der Waals surface area (Å²) in [5.74, 6) is 0.451. The van der Waals surface area contributed by atoms with Gasteiger partial charge in [-0.25, -0.2) is 24.0 Å². The SMILES string of the molecule is O=Cc1cnn2ccc(Nc3cccc(Cl)c3)nc12.O=c1[nH]c(O)c(C=c2cnn3ccc(=Nc4cccc(Cl)c4)nc23)s1. The second kappa shape index (κ2) is 12.5. The molecule has 218 valence electrons. The molecule has 3 N–H and O–H groups in total. The minimum atomic E-state index is -0.329. The Labute approximate surface area is 261 Å². The highest BCUT2D eigenvalue weighted by Gasteiger charge is 2.07. The molecule has 7 aromatic rings. The zero-order chi connectivity index (χ0) is 30.6. The normalized spacial score (nSPS) is 12.0. The number of nitrogens with one attached hydrogen (secondary N) is 2. The summed E-state index contributed by atoms with van der Waals surface area (Å²) < 4.78 is 3.14. The molecule has 7 rings (SSSR count). The van der Waals surface area contributed by atoms with E-state index >= 15 is 0 Å². The third kappa shape index (κ3) is 6.49. The molecule has 0 radical (unpaired) electrons. The molecule has 5 aromatic heterocycles. The maximum Gasteiger partial charge on any atom is 0.307 e. The predicted octanol–water partition coefficient (Wildman–Crippen LogP) is 4.56. The van der Waals surface area contributed by atoms with E-state index in [1.54, 1.807) is 70.1 Å². The lowest BCUT2D eigenvalue weighted by Crippen LogP contribution is -2.12. The highest BCUT2D eigenvalue weighted by molar-refractivity contribution is 7.10. The fraction of sp³-hybridized carbons (Fsp3) is 0. The first-order valence-corrected chi connectivity index (χ1v) is 14.3. The number of carbonyl (C=O) groups excluding carboxylic acids is 1. The predicted molar refractivity (Wildman–Crippen MR) is 168 cm³/mol. The van der Waals surface area contributed by atoms with Gasteiger partial charge < -0.3 is 10.4 Å². The monoisotopic (exact) mass is 643 g/mol. The van der Waals surface area contributed by atoms with Gasteiger partial charge in [-0.15, -0.1) is 0 Å². The van der Waals surface area contributed by atoms with Crippen molar-refractivity contribution in [1.82, 2.24) is 34.2 Å². The van der Waals surface area contributed by atoms with Crippen LogP contribution in [0.5, 0.6) is 5.88 Å². The number of benzene rings is 2. The number of hydrogen-bond acceptors (Lipinski definition) is 10. The molecule has 0 spiro atoms. The molecule has 15 heteroatoms. The van der Waals surface area contributed by atoms with Gasteiger partial charge in [0.1, 0.15) is 5.82 Å². The number of thiazole rings is 1.